The van der Waals surface area contributed by atoms with Crippen LogP contribution in [0.25, 0.3) is 0 Å². The van der Waals surface area contributed by atoms with Crippen LogP contribution in [-0.2, 0) is 19.2 Å². The molecule has 0 aliphatic heterocycles. The van der Waals surface area contributed by atoms with Crippen LogP contribution in [-0.4, -0.2) is 89.8 Å². The number of nitrogens with one attached hydrogen (secondary N) is 2. The second kappa shape index (κ2) is 18.9. The molecule has 0 heterocycles. The van der Waals surface area contributed by atoms with E-state index in [1.807, 2.05) is 13.8 Å². The number of aliphatic hydroxyl groups is 1. The highest BCUT2D eigenvalue weighted by Crippen LogP contribution is 2.36. The van der Waals surface area contributed by atoms with Crippen LogP contribution >= 0.6 is 0 Å². The molecule has 0 aromatic rings. The summed E-state index contributed by atoms with van der Waals surface area (Å²) in [5, 5.41) is 15.8. The van der Waals surface area contributed by atoms with Gasteiger partial charge in [0.1, 0.15) is 12.3 Å². The van der Waals surface area contributed by atoms with Gasteiger partial charge in [-0.2, -0.15) is 0 Å². The Morgan fingerprint density at radius 2 is 1.43 bits per heavy atom. The number of carbonyl (C=O) groups excluding carboxylic acids is 4. The molecule has 12 heteroatoms. The van der Waals surface area contributed by atoms with E-state index in [9.17, 15) is 33.1 Å². The Morgan fingerprint density at radius 3 is 2.02 bits per heavy atom. The van der Waals surface area contributed by atoms with E-state index in [1.54, 1.807) is 11.9 Å². The fourth-order valence-electron chi connectivity index (χ4n) is 7.92. The molecule has 0 aromatic heterocycles. The van der Waals surface area contributed by atoms with Crippen LogP contribution in [0, 0.1) is 29.6 Å². The van der Waals surface area contributed by atoms with Gasteiger partial charge in [0, 0.05) is 57.3 Å². The number of aliphatic hydroxyl groups excluding tert-OH is 1. The van der Waals surface area contributed by atoms with Crippen molar-refractivity contribution in [3.05, 3.63) is 0 Å². The number of likely N-dealkylation sites (N-methyl/N-ethyl adjacent to an activating group) is 1. The summed E-state index contributed by atoms with van der Waals surface area (Å²) >= 11 is 0. The summed E-state index contributed by atoms with van der Waals surface area (Å²) in [5.74, 6) is -3.10. The van der Waals surface area contributed by atoms with Gasteiger partial charge in [0.15, 0.2) is 0 Å². The van der Waals surface area contributed by atoms with Crippen molar-refractivity contribution in [3.8, 4) is 0 Å². The summed E-state index contributed by atoms with van der Waals surface area (Å²) in [6, 6.07) is -0.854. The Bertz CT molecular complexity index is 983. The quantitative estimate of drug-likeness (QED) is 0.186. The van der Waals surface area contributed by atoms with Gasteiger partial charge >= 0.3 is 0 Å². The number of hydrogen-bond donors (Lipinski definition) is 4. The molecule has 10 nitrogen and oxygen atoms in total. The lowest BCUT2D eigenvalue weighted by atomic mass is 9.73. The number of nitrogens with zero attached hydrogens (tertiary/aromatic N) is 2. The number of hydrogen-bond acceptors (Lipinski definition) is 6. The fourth-order valence-corrected chi connectivity index (χ4v) is 7.92. The Hall–Kier alpha value is -2.34. The Morgan fingerprint density at radius 1 is 0.848 bits per heavy atom. The smallest absolute Gasteiger partial charge is 0.234 e. The minimum atomic E-state index is -1.29. The standard InChI is InChI=1S/C34H59F2N5O5/c1-4-11-41(12-5-2)34(46)26-18-24(32(37)44)17-25(19-26)33(45)38-29(15-23-13-27(35)20-28(36)14-23)30(42)21-40(3)39-31(43)16-22-9-7-6-8-10-22/h22-30,42H,4-21H2,1-3H3,(H2,37,44)(H,38,45)(H,39,43). The van der Waals surface area contributed by atoms with E-state index in [4.69, 9.17) is 5.73 Å². The van der Waals surface area contributed by atoms with Crippen molar-refractivity contribution in [2.24, 2.45) is 35.3 Å². The number of nitrogens with two attached hydrogens (primary N) is 1. The zero-order chi connectivity index (χ0) is 33.8. The number of hydrazine groups is 1. The monoisotopic (exact) mass is 655 g/mol. The first kappa shape index (κ1) is 38.1. The van der Waals surface area contributed by atoms with Crippen molar-refractivity contribution in [2.75, 3.05) is 26.7 Å². The average molecular weight is 656 g/mol. The molecule has 4 amide bonds. The lowest BCUT2D eigenvalue weighted by molar-refractivity contribution is -0.141. The van der Waals surface area contributed by atoms with Gasteiger partial charge < -0.3 is 21.1 Å². The van der Waals surface area contributed by atoms with Crippen LogP contribution in [0.1, 0.15) is 110 Å². The van der Waals surface area contributed by atoms with Crippen molar-refractivity contribution in [3.63, 3.8) is 0 Å². The molecule has 3 fully saturated rings. The molecule has 0 aromatic carbocycles. The lowest BCUT2D eigenvalue weighted by Gasteiger charge is -2.37. The maximum absolute atomic E-state index is 14.3. The second-order valence-electron chi connectivity index (χ2n) is 14.3. The normalized spacial score (nSPS) is 28.7. The van der Waals surface area contributed by atoms with Gasteiger partial charge in [0.2, 0.25) is 23.6 Å². The highest BCUT2D eigenvalue weighted by molar-refractivity contribution is 5.85. The third-order valence-electron chi connectivity index (χ3n) is 10.2. The maximum atomic E-state index is 14.3. The summed E-state index contributed by atoms with van der Waals surface area (Å²) in [6.45, 7) is 5.16. The summed E-state index contributed by atoms with van der Waals surface area (Å²) in [6.07, 6.45) is 4.78. The van der Waals surface area contributed by atoms with Gasteiger partial charge in [-0.25, -0.2) is 13.8 Å². The minimum Gasteiger partial charge on any atom is -0.390 e. The molecular weight excluding hydrogens is 596 g/mol. The second-order valence-corrected chi connectivity index (χ2v) is 14.3. The summed E-state index contributed by atoms with van der Waals surface area (Å²) in [5.41, 5.74) is 8.51. The predicted molar refractivity (Wildman–Crippen MR) is 172 cm³/mol. The topological polar surface area (TPSA) is 145 Å². The van der Waals surface area contributed by atoms with Crippen molar-refractivity contribution >= 4 is 23.6 Å². The fraction of sp³-hybridized carbons (Fsp3) is 0.882. The Kier molecular flexibility index (Phi) is 15.6. The predicted octanol–water partition coefficient (Wildman–Crippen LogP) is 3.80. The van der Waals surface area contributed by atoms with E-state index in [0.717, 1.165) is 38.5 Å². The van der Waals surface area contributed by atoms with Gasteiger partial charge in [-0.15, -0.1) is 0 Å². The summed E-state index contributed by atoms with van der Waals surface area (Å²) in [4.78, 5) is 54.1. The molecule has 5 N–H and O–H groups in total. The van der Waals surface area contributed by atoms with Crippen LogP contribution < -0.4 is 16.5 Å². The number of alkyl halides is 2. The zero-order valence-corrected chi connectivity index (χ0v) is 28.2. The highest BCUT2D eigenvalue weighted by atomic mass is 19.1. The summed E-state index contributed by atoms with van der Waals surface area (Å²) < 4.78 is 28.6. The zero-order valence-electron chi connectivity index (χ0n) is 28.2. The van der Waals surface area contributed by atoms with Gasteiger partial charge in [0.05, 0.1) is 12.1 Å². The van der Waals surface area contributed by atoms with Crippen LogP contribution in [0.4, 0.5) is 8.78 Å². The van der Waals surface area contributed by atoms with Crippen molar-refractivity contribution in [1.82, 2.24) is 20.7 Å². The largest absolute Gasteiger partial charge is 0.390 e. The first-order chi connectivity index (χ1) is 21.9. The van der Waals surface area contributed by atoms with Crippen LogP contribution in [0.2, 0.25) is 0 Å². The molecule has 264 valence electrons. The molecule has 0 spiro atoms. The lowest BCUT2D eigenvalue weighted by Crippen LogP contribution is -2.54. The van der Waals surface area contributed by atoms with Gasteiger partial charge in [-0.3, -0.25) is 24.6 Å². The third-order valence-corrected chi connectivity index (χ3v) is 10.2. The van der Waals surface area contributed by atoms with E-state index in [2.05, 4.69) is 10.7 Å². The number of carbonyl (C=O) groups is 4. The van der Waals surface area contributed by atoms with Gasteiger partial charge in [0.25, 0.3) is 0 Å². The van der Waals surface area contributed by atoms with E-state index in [-0.39, 0.29) is 69.2 Å². The van der Waals surface area contributed by atoms with Crippen LogP contribution in [0.5, 0.6) is 0 Å². The molecule has 3 aliphatic rings. The molecule has 46 heavy (non-hydrogen) atoms. The summed E-state index contributed by atoms with van der Waals surface area (Å²) in [7, 11) is 1.64. The van der Waals surface area contributed by atoms with E-state index in [0.29, 0.717) is 25.4 Å². The van der Waals surface area contributed by atoms with Crippen molar-refractivity contribution < 1.29 is 33.1 Å². The molecule has 0 radical (unpaired) electrons. The maximum Gasteiger partial charge on any atom is 0.234 e. The van der Waals surface area contributed by atoms with Crippen molar-refractivity contribution in [2.45, 2.75) is 135 Å². The molecule has 7 unspecified atom stereocenters. The van der Waals surface area contributed by atoms with E-state index in [1.165, 1.54) is 11.4 Å². The number of halogens is 2. The molecule has 0 bridgehead atoms. The minimum absolute atomic E-state index is 0.00906. The molecular formula is C34H59F2N5O5. The third kappa shape index (κ3) is 12.0. The van der Waals surface area contributed by atoms with Crippen molar-refractivity contribution in [1.29, 1.82) is 0 Å². The Balaban J connectivity index is 1.71. The first-order valence-corrected chi connectivity index (χ1v) is 17.7. The Labute approximate surface area is 273 Å². The molecule has 7 atom stereocenters. The highest BCUT2D eigenvalue weighted by Gasteiger charge is 2.41. The SMILES string of the molecule is CCCN(CCC)C(=O)C1CC(C(N)=O)CC(C(=O)NC(CC2CC(F)CC(F)C2)C(O)CN(C)NC(=O)CC2CCCCC2)C1. The molecule has 3 rings (SSSR count). The van der Waals surface area contributed by atoms with Gasteiger partial charge in [-0.1, -0.05) is 33.1 Å². The number of primary amides is 1. The molecule has 3 saturated carbocycles. The van der Waals surface area contributed by atoms with Crippen LogP contribution in [0.3, 0.4) is 0 Å². The van der Waals surface area contributed by atoms with Gasteiger partial charge in [-0.05, 0) is 76.0 Å². The number of amides is 4. The van der Waals surface area contributed by atoms with Crippen LogP contribution in [0.15, 0.2) is 0 Å². The van der Waals surface area contributed by atoms with E-state index >= 15 is 0 Å². The average Bonchev–Trinajstić information content (AvgIpc) is 2.99. The van der Waals surface area contributed by atoms with E-state index < -0.39 is 54.1 Å². The number of rotatable bonds is 16. The molecule has 3 aliphatic carbocycles. The first-order valence-electron chi connectivity index (χ1n) is 17.7. The molecule has 0 saturated heterocycles.